The Balaban J connectivity index is 1.85. The maximum absolute atomic E-state index is 13.9. The Hall–Kier alpha value is -3.58. The molecule has 178 valence electrons. The first-order chi connectivity index (χ1) is 16.5. The van der Waals surface area contributed by atoms with Gasteiger partial charge in [-0.1, -0.05) is 48.5 Å². The van der Waals surface area contributed by atoms with Crippen molar-refractivity contribution in [1.29, 1.82) is 0 Å². The molecule has 0 bridgehead atoms. The molecule has 0 aromatic heterocycles. The first-order valence-electron chi connectivity index (χ1n) is 11.3. The van der Waals surface area contributed by atoms with E-state index in [1.807, 2.05) is 36.4 Å². The van der Waals surface area contributed by atoms with E-state index in [-0.39, 0.29) is 12.5 Å². The van der Waals surface area contributed by atoms with E-state index < -0.39 is 29.9 Å². The molecule has 0 radical (unpaired) electrons. The minimum absolute atomic E-state index is 0.287. The maximum Gasteiger partial charge on any atom is 0.313 e. The van der Waals surface area contributed by atoms with Crippen molar-refractivity contribution in [1.82, 2.24) is 4.90 Å². The molecule has 4 atom stereocenters. The van der Waals surface area contributed by atoms with Gasteiger partial charge in [0, 0.05) is 17.6 Å². The molecule has 34 heavy (non-hydrogen) atoms. The van der Waals surface area contributed by atoms with Crippen LogP contribution in [0.3, 0.4) is 0 Å². The summed E-state index contributed by atoms with van der Waals surface area (Å²) in [6.45, 7) is -0.302. The van der Waals surface area contributed by atoms with Crippen molar-refractivity contribution >= 4 is 11.9 Å². The molecule has 0 fully saturated rings. The van der Waals surface area contributed by atoms with Gasteiger partial charge in [0.15, 0.2) is 0 Å². The SMILES string of the molecule is COC1=CCC([C@@H]2[C@@H](C(=O)O)c3ccccc3C(=O)N2[C@H](CO)Cc2ccccc2)C(OC)=C1. The molecule has 4 rings (SSSR count). The Morgan fingerprint density at radius 3 is 2.44 bits per heavy atom. The normalized spacial score (nSPS) is 22.9. The molecule has 7 heteroatoms. The molecule has 2 aromatic rings. The van der Waals surface area contributed by atoms with Crippen LogP contribution in [0.4, 0.5) is 0 Å². The van der Waals surface area contributed by atoms with E-state index in [0.717, 1.165) is 5.56 Å². The van der Waals surface area contributed by atoms with Crippen LogP contribution in [-0.4, -0.2) is 59.9 Å². The lowest BCUT2D eigenvalue weighted by molar-refractivity contribution is -0.141. The fourth-order valence-electron chi connectivity index (χ4n) is 5.16. The number of carbonyl (C=O) groups excluding carboxylic acids is 1. The highest BCUT2D eigenvalue weighted by Gasteiger charge is 2.50. The number of allylic oxidation sites excluding steroid dienone is 2. The van der Waals surface area contributed by atoms with Gasteiger partial charge in [-0.3, -0.25) is 9.59 Å². The summed E-state index contributed by atoms with van der Waals surface area (Å²) in [5, 5.41) is 20.8. The second-order valence-corrected chi connectivity index (χ2v) is 8.54. The van der Waals surface area contributed by atoms with Crippen molar-refractivity contribution in [2.45, 2.75) is 30.8 Å². The second-order valence-electron chi connectivity index (χ2n) is 8.54. The topological polar surface area (TPSA) is 96.3 Å². The molecule has 1 unspecified atom stereocenters. The number of ether oxygens (including phenoxy) is 2. The zero-order valence-electron chi connectivity index (χ0n) is 19.3. The van der Waals surface area contributed by atoms with Crippen LogP contribution in [-0.2, 0) is 20.7 Å². The van der Waals surface area contributed by atoms with Crippen LogP contribution in [0, 0.1) is 5.92 Å². The predicted octanol–water partition coefficient (Wildman–Crippen LogP) is 3.36. The first kappa shape index (κ1) is 23.6. The number of carboxylic acids is 1. The number of methoxy groups -OCH3 is 2. The average molecular weight is 464 g/mol. The number of aliphatic carboxylic acids is 1. The first-order valence-corrected chi connectivity index (χ1v) is 11.3. The molecule has 7 nitrogen and oxygen atoms in total. The third kappa shape index (κ3) is 4.31. The maximum atomic E-state index is 13.9. The standard InChI is InChI=1S/C27H29NO6/c1-33-19-12-13-22(23(15-19)34-2)25-24(27(31)32)20-10-6-7-11-21(20)26(30)28(25)18(16-29)14-17-8-4-3-5-9-17/h3-12,15,18,22,24-25,29H,13-14,16H2,1-2H3,(H,31,32)/t18-,22?,24-,25+/m0/s1. The largest absolute Gasteiger partial charge is 0.501 e. The second kappa shape index (κ2) is 10.1. The van der Waals surface area contributed by atoms with Crippen LogP contribution in [0.15, 0.2) is 78.3 Å². The Labute approximate surface area is 198 Å². The number of carbonyl (C=O) groups is 2. The highest BCUT2D eigenvalue weighted by Crippen LogP contribution is 2.43. The number of nitrogens with zero attached hydrogens (tertiary/aromatic N) is 1. The Morgan fingerprint density at radius 2 is 1.79 bits per heavy atom. The van der Waals surface area contributed by atoms with E-state index in [0.29, 0.717) is 35.5 Å². The van der Waals surface area contributed by atoms with Crippen molar-refractivity contribution < 1.29 is 29.3 Å². The van der Waals surface area contributed by atoms with Crippen LogP contribution in [0.2, 0.25) is 0 Å². The number of hydrogen-bond donors (Lipinski definition) is 2. The number of fused-ring (bicyclic) bond motifs is 1. The number of benzene rings is 2. The van der Waals surface area contributed by atoms with Crippen LogP contribution < -0.4 is 0 Å². The van der Waals surface area contributed by atoms with Gasteiger partial charge in [0.05, 0.1) is 32.9 Å². The third-order valence-corrected chi connectivity index (χ3v) is 6.71. The molecule has 0 spiro atoms. The molecule has 1 amide bonds. The molecule has 1 aliphatic carbocycles. The number of amides is 1. The lowest BCUT2D eigenvalue weighted by Crippen LogP contribution is -2.59. The van der Waals surface area contributed by atoms with Gasteiger partial charge in [0.2, 0.25) is 0 Å². The predicted molar refractivity (Wildman–Crippen MR) is 126 cm³/mol. The van der Waals surface area contributed by atoms with Crippen molar-refractivity contribution in [2.75, 3.05) is 20.8 Å². The number of carboxylic acid groups (broad SMARTS) is 1. The molecular weight excluding hydrogens is 434 g/mol. The van der Waals surface area contributed by atoms with E-state index >= 15 is 0 Å². The highest BCUT2D eigenvalue weighted by atomic mass is 16.5. The number of rotatable bonds is 8. The van der Waals surface area contributed by atoms with Crippen molar-refractivity contribution in [3.8, 4) is 0 Å². The van der Waals surface area contributed by atoms with Crippen LogP contribution in [0.25, 0.3) is 0 Å². The summed E-state index contributed by atoms with van der Waals surface area (Å²) in [6, 6.07) is 15.0. The van der Waals surface area contributed by atoms with Gasteiger partial charge in [0.25, 0.3) is 5.91 Å². The van der Waals surface area contributed by atoms with Crippen molar-refractivity contribution in [3.63, 3.8) is 0 Å². The van der Waals surface area contributed by atoms with Crippen molar-refractivity contribution in [3.05, 3.63) is 95.0 Å². The van der Waals surface area contributed by atoms with E-state index in [4.69, 9.17) is 9.47 Å². The van der Waals surface area contributed by atoms with Crippen LogP contribution >= 0.6 is 0 Å². The van der Waals surface area contributed by atoms with Gasteiger partial charge in [-0.2, -0.15) is 0 Å². The van der Waals surface area contributed by atoms with Crippen LogP contribution in [0.5, 0.6) is 0 Å². The smallest absolute Gasteiger partial charge is 0.313 e. The van der Waals surface area contributed by atoms with Gasteiger partial charge >= 0.3 is 5.97 Å². The minimum atomic E-state index is -1.02. The molecule has 2 N–H and O–H groups in total. The lowest BCUT2D eigenvalue weighted by atomic mass is 9.73. The third-order valence-electron chi connectivity index (χ3n) is 6.71. The number of hydrogen-bond acceptors (Lipinski definition) is 5. The van der Waals surface area contributed by atoms with E-state index in [1.165, 1.54) is 7.11 Å². The monoisotopic (exact) mass is 463 g/mol. The molecule has 1 heterocycles. The Bertz CT molecular complexity index is 1110. The molecular formula is C27H29NO6. The zero-order valence-corrected chi connectivity index (χ0v) is 19.3. The van der Waals surface area contributed by atoms with Gasteiger partial charge in [0.1, 0.15) is 17.4 Å². The summed E-state index contributed by atoms with van der Waals surface area (Å²) in [4.78, 5) is 28.2. The van der Waals surface area contributed by atoms with E-state index in [2.05, 4.69) is 0 Å². The van der Waals surface area contributed by atoms with Gasteiger partial charge in [-0.05, 0) is 36.1 Å². The lowest BCUT2D eigenvalue weighted by Gasteiger charge is -2.48. The van der Waals surface area contributed by atoms with E-state index in [9.17, 15) is 19.8 Å². The van der Waals surface area contributed by atoms with Gasteiger partial charge in [-0.15, -0.1) is 0 Å². The molecule has 1 aliphatic heterocycles. The molecule has 0 saturated heterocycles. The molecule has 2 aliphatic rings. The summed E-state index contributed by atoms with van der Waals surface area (Å²) in [5.41, 5.74) is 1.78. The summed E-state index contributed by atoms with van der Waals surface area (Å²) in [6.07, 6.45) is 4.44. The fourth-order valence-corrected chi connectivity index (χ4v) is 5.16. The summed E-state index contributed by atoms with van der Waals surface area (Å²) < 4.78 is 11.0. The fraction of sp³-hybridized carbons (Fsp3) is 0.333. The summed E-state index contributed by atoms with van der Waals surface area (Å²) in [7, 11) is 3.09. The van der Waals surface area contributed by atoms with E-state index in [1.54, 1.807) is 42.4 Å². The summed E-state index contributed by atoms with van der Waals surface area (Å²) >= 11 is 0. The average Bonchev–Trinajstić information content (AvgIpc) is 2.87. The Morgan fingerprint density at radius 1 is 1.09 bits per heavy atom. The number of aliphatic hydroxyl groups excluding tert-OH is 1. The van der Waals surface area contributed by atoms with Gasteiger partial charge < -0.3 is 24.6 Å². The minimum Gasteiger partial charge on any atom is -0.501 e. The highest BCUT2D eigenvalue weighted by molar-refractivity contribution is 6.00. The van der Waals surface area contributed by atoms with Crippen LogP contribution in [0.1, 0.15) is 33.8 Å². The van der Waals surface area contributed by atoms with Gasteiger partial charge in [-0.25, -0.2) is 0 Å². The zero-order chi connectivity index (χ0) is 24.2. The molecule has 2 aromatic carbocycles. The number of aliphatic hydroxyl groups is 1. The summed E-state index contributed by atoms with van der Waals surface area (Å²) in [5.74, 6) is -1.55. The van der Waals surface area contributed by atoms with Crippen molar-refractivity contribution in [2.24, 2.45) is 5.92 Å². The quantitative estimate of drug-likeness (QED) is 0.623. The molecule has 0 saturated carbocycles. The Kier molecular flexibility index (Phi) is 7.03.